The van der Waals surface area contributed by atoms with Crippen LogP contribution in [0.2, 0.25) is 0 Å². The van der Waals surface area contributed by atoms with Gasteiger partial charge in [-0.15, -0.1) is 0 Å². The summed E-state index contributed by atoms with van der Waals surface area (Å²) in [6, 6.07) is 8.50. The third kappa shape index (κ3) is 3.40. The molecule has 0 radical (unpaired) electrons. The van der Waals surface area contributed by atoms with Crippen molar-refractivity contribution in [2.75, 3.05) is 44.2 Å². The van der Waals surface area contributed by atoms with Crippen molar-refractivity contribution >= 4 is 16.9 Å². The fourth-order valence-electron chi connectivity index (χ4n) is 3.44. The zero-order valence-electron chi connectivity index (χ0n) is 15.0. The molecule has 7 nitrogen and oxygen atoms in total. The van der Waals surface area contributed by atoms with Crippen LogP contribution in [-0.4, -0.2) is 69.1 Å². The first kappa shape index (κ1) is 16.9. The van der Waals surface area contributed by atoms with Gasteiger partial charge in [0.1, 0.15) is 12.1 Å². The van der Waals surface area contributed by atoms with E-state index in [4.69, 9.17) is 5.11 Å². The predicted octanol–water partition coefficient (Wildman–Crippen LogP) is 1.30. The highest BCUT2D eigenvalue weighted by molar-refractivity contribution is 5.86. The molecule has 2 aromatic heterocycles. The molecule has 0 aliphatic carbocycles. The number of anilines is 1. The number of aliphatic hydroxyl groups excluding tert-OH is 1. The molecule has 0 atom stereocenters. The Balaban J connectivity index is 1.56. The van der Waals surface area contributed by atoms with Crippen molar-refractivity contribution < 1.29 is 5.11 Å². The Bertz CT molecular complexity index is 867. The van der Waals surface area contributed by atoms with Gasteiger partial charge < -0.3 is 10.0 Å². The maximum atomic E-state index is 9.09. The Hall–Kier alpha value is -2.51. The van der Waals surface area contributed by atoms with E-state index in [2.05, 4.69) is 56.1 Å². The Labute approximate surface area is 152 Å². The summed E-state index contributed by atoms with van der Waals surface area (Å²) >= 11 is 0. The molecule has 0 saturated carbocycles. The molecule has 3 aromatic rings. The van der Waals surface area contributed by atoms with Gasteiger partial charge in [0.05, 0.1) is 24.7 Å². The molecule has 7 heteroatoms. The van der Waals surface area contributed by atoms with Gasteiger partial charge in [-0.1, -0.05) is 29.8 Å². The topological polar surface area (TPSA) is 70.3 Å². The third-order valence-corrected chi connectivity index (χ3v) is 4.95. The minimum atomic E-state index is 0.212. The first-order valence-corrected chi connectivity index (χ1v) is 9.05. The summed E-state index contributed by atoms with van der Waals surface area (Å²) in [5.74, 6) is 0.953. The normalized spacial score (nSPS) is 15.7. The van der Waals surface area contributed by atoms with E-state index in [0.29, 0.717) is 6.54 Å². The number of hydrogen-bond acceptors (Lipinski definition) is 6. The number of benzene rings is 1. The van der Waals surface area contributed by atoms with Crippen molar-refractivity contribution in [1.82, 2.24) is 24.6 Å². The zero-order chi connectivity index (χ0) is 17.9. The Morgan fingerprint density at radius 2 is 1.81 bits per heavy atom. The number of hydrogen-bond donors (Lipinski definition) is 1. The molecule has 1 aliphatic rings. The Morgan fingerprint density at radius 3 is 2.54 bits per heavy atom. The summed E-state index contributed by atoms with van der Waals surface area (Å²) in [5.41, 5.74) is 3.33. The molecular weight excluding hydrogens is 328 g/mol. The number of β-amino-alcohol motifs (C(OH)–C–C–N with tert-alkyl or cyclic N) is 1. The van der Waals surface area contributed by atoms with Gasteiger partial charge in [0.25, 0.3) is 0 Å². The molecule has 0 unspecified atom stereocenters. The van der Waals surface area contributed by atoms with Crippen molar-refractivity contribution in [2.24, 2.45) is 0 Å². The predicted molar refractivity (Wildman–Crippen MR) is 101 cm³/mol. The molecule has 136 valence electrons. The number of rotatable bonds is 5. The summed E-state index contributed by atoms with van der Waals surface area (Å²) in [5, 5.41) is 14.6. The van der Waals surface area contributed by atoms with Crippen LogP contribution in [0.3, 0.4) is 0 Å². The summed E-state index contributed by atoms with van der Waals surface area (Å²) in [7, 11) is 0. The van der Waals surface area contributed by atoms with E-state index in [9.17, 15) is 0 Å². The molecule has 1 fully saturated rings. The fraction of sp³-hybridized carbons (Fsp3) is 0.421. The van der Waals surface area contributed by atoms with Crippen LogP contribution < -0.4 is 4.90 Å². The molecule has 1 aliphatic heterocycles. The largest absolute Gasteiger partial charge is 0.395 e. The highest BCUT2D eigenvalue weighted by Gasteiger charge is 2.21. The van der Waals surface area contributed by atoms with Crippen molar-refractivity contribution in [2.45, 2.75) is 13.5 Å². The maximum absolute atomic E-state index is 9.09. The van der Waals surface area contributed by atoms with Crippen LogP contribution in [0.5, 0.6) is 0 Å². The summed E-state index contributed by atoms with van der Waals surface area (Å²) < 4.78 is 1.94. The lowest BCUT2D eigenvalue weighted by Crippen LogP contribution is -2.47. The molecule has 0 amide bonds. The lowest BCUT2D eigenvalue weighted by atomic mass is 10.1. The smallest absolute Gasteiger partial charge is 0.163 e. The van der Waals surface area contributed by atoms with Crippen LogP contribution in [0.15, 0.2) is 36.8 Å². The standard InChI is InChI=1S/C19H24N6O/c1-15-2-4-16(5-3-15)13-25-19-17(12-22-25)18(20-14-21-19)24-8-6-23(7-9-24)10-11-26/h2-5,12,14,26H,6-11,13H2,1H3. The molecule has 3 heterocycles. The van der Waals surface area contributed by atoms with Crippen LogP contribution >= 0.6 is 0 Å². The van der Waals surface area contributed by atoms with Gasteiger partial charge in [-0.05, 0) is 12.5 Å². The zero-order valence-corrected chi connectivity index (χ0v) is 15.0. The van der Waals surface area contributed by atoms with Crippen molar-refractivity contribution in [3.05, 3.63) is 47.9 Å². The Kier molecular flexibility index (Phi) is 4.81. The third-order valence-electron chi connectivity index (χ3n) is 4.95. The molecular formula is C19H24N6O. The van der Waals surface area contributed by atoms with Gasteiger partial charge in [0, 0.05) is 32.7 Å². The average molecular weight is 352 g/mol. The second kappa shape index (κ2) is 7.39. The number of fused-ring (bicyclic) bond motifs is 1. The number of piperazine rings is 1. The van der Waals surface area contributed by atoms with Gasteiger partial charge in [0.2, 0.25) is 0 Å². The van der Waals surface area contributed by atoms with Gasteiger partial charge in [-0.25, -0.2) is 14.6 Å². The minimum Gasteiger partial charge on any atom is -0.395 e. The second-order valence-corrected chi connectivity index (χ2v) is 6.77. The molecule has 1 N–H and O–H groups in total. The second-order valence-electron chi connectivity index (χ2n) is 6.77. The van der Waals surface area contributed by atoms with E-state index in [0.717, 1.165) is 49.6 Å². The number of nitrogens with zero attached hydrogens (tertiary/aromatic N) is 6. The van der Waals surface area contributed by atoms with Crippen LogP contribution in [0.1, 0.15) is 11.1 Å². The van der Waals surface area contributed by atoms with Crippen LogP contribution in [0.4, 0.5) is 5.82 Å². The maximum Gasteiger partial charge on any atom is 0.163 e. The van der Waals surface area contributed by atoms with E-state index in [1.165, 1.54) is 11.1 Å². The molecule has 1 saturated heterocycles. The molecule has 0 bridgehead atoms. The molecule has 1 aromatic carbocycles. The van der Waals surface area contributed by atoms with E-state index >= 15 is 0 Å². The van der Waals surface area contributed by atoms with Crippen LogP contribution in [0, 0.1) is 6.92 Å². The Morgan fingerprint density at radius 1 is 1.04 bits per heavy atom. The summed E-state index contributed by atoms with van der Waals surface area (Å²) in [4.78, 5) is 13.6. The highest BCUT2D eigenvalue weighted by Crippen LogP contribution is 2.24. The van der Waals surface area contributed by atoms with Gasteiger partial charge in [0.15, 0.2) is 5.65 Å². The lowest BCUT2D eigenvalue weighted by Gasteiger charge is -2.35. The monoisotopic (exact) mass is 352 g/mol. The quantitative estimate of drug-likeness (QED) is 0.746. The SMILES string of the molecule is Cc1ccc(Cn2ncc3c(N4CCN(CCO)CC4)ncnc32)cc1. The van der Waals surface area contributed by atoms with Gasteiger partial charge in [-0.2, -0.15) is 5.10 Å². The van der Waals surface area contributed by atoms with E-state index in [1.54, 1.807) is 6.33 Å². The first-order chi connectivity index (χ1) is 12.7. The van der Waals surface area contributed by atoms with Crippen molar-refractivity contribution in [3.8, 4) is 0 Å². The van der Waals surface area contributed by atoms with Gasteiger partial charge in [-0.3, -0.25) is 4.90 Å². The lowest BCUT2D eigenvalue weighted by molar-refractivity contribution is 0.188. The average Bonchev–Trinajstić information content (AvgIpc) is 3.08. The molecule has 0 spiro atoms. The summed E-state index contributed by atoms with van der Waals surface area (Å²) in [6.45, 7) is 7.40. The molecule has 4 rings (SSSR count). The van der Waals surface area contributed by atoms with E-state index < -0.39 is 0 Å². The molecule has 26 heavy (non-hydrogen) atoms. The number of aryl methyl sites for hydroxylation is 1. The van der Waals surface area contributed by atoms with E-state index in [1.807, 2.05) is 10.9 Å². The van der Waals surface area contributed by atoms with Gasteiger partial charge >= 0.3 is 0 Å². The number of aromatic nitrogens is 4. The van der Waals surface area contributed by atoms with Crippen molar-refractivity contribution in [3.63, 3.8) is 0 Å². The first-order valence-electron chi connectivity index (χ1n) is 9.05. The fourth-order valence-corrected chi connectivity index (χ4v) is 3.44. The minimum absolute atomic E-state index is 0.212. The highest BCUT2D eigenvalue weighted by atomic mass is 16.3. The summed E-state index contributed by atoms with van der Waals surface area (Å²) in [6.07, 6.45) is 3.50. The van der Waals surface area contributed by atoms with E-state index in [-0.39, 0.29) is 6.61 Å². The van der Waals surface area contributed by atoms with Crippen LogP contribution in [-0.2, 0) is 6.54 Å². The number of aliphatic hydroxyl groups is 1. The van der Waals surface area contributed by atoms with Crippen LogP contribution in [0.25, 0.3) is 11.0 Å². The van der Waals surface area contributed by atoms with Crippen molar-refractivity contribution in [1.29, 1.82) is 0 Å².